The fraction of sp³-hybridized carbons (Fsp3) is 1.00. The van der Waals surface area contributed by atoms with E-state index < -0.39 is 0 Å². The molecule has 0 aromatic carbocycles. The van der Waals surface area contributed by atoms with E-state index in [1.54, 1.807) is 0 Å². The van der Waals surface area contributed by atoms with E-state index in [4.69, 9.17) is 4.74 Å². The van der Waals surface area contributed by atoms with Crippen molar-refractivity contribution in [3.05, 3.63) is 0 Å². The van der Waals surface area contributed by atoms with Gasteiger partial charge in [-0.3, -0.25) is 0 Å². The molecule has 1 N–H and O–H groups in total. The second kappa shape index (κ2) is 3.05. The molecular weight excluding hydrogens is 102 g/mol. The highest BCUT2D eigenvalue weighted by atomic mass is 16.5. The first kappa shape index (κ1) is 6.05. The van der Waals surface area contributed by atoms with Crippen LogP contribution in [0.4, 0.5) is 0 Å². The van der Waals surface area contributed by atoms with Crippen LogP contribution >= 0.6 is 0 Å². The molecule has 1 aliphatic heterocycles. The van der Waals surface area contributed by atoms with Gasteiger partial charge in [0.1, 0.15) is 0 Å². The topological polar surface area (TPSA) is 21.3 Å². The fourth-order valence-electron chi connectivity index (χ4n) is 0.968. The Morgan fingerprint density at radius 2 is 2.50 bits per heavy atom. The van der Waals surface area contributed by atoms with Crippen molar-refractivity contribution < 1.29 is 4.74 Å². The summed E-state index contributed by atoms with van der Waals surface area (Å²) >= 11 is 0. The number of nitrogens with one attached hydrogen (secondary N) is 1. The summed E-state index contributed by atoms with van der Waals surface area (Å²) < 4.78 is 5.21. The average Bonchev–Trinajstić information content (AvgIpc) is 1.90. The normalized spacial score (nSPS) is 30.4. The first-order valence-corrected chi connectivity index (χ1v) is 3.18. The van der Waals surface area contributed by atoms with E-state index in [2.05, 4.69) is 5.32 Å². The number of rotatable bonds is 1. The van der Waals surface area contributed by atoms with Crippen molar-refractivity contribution in [3.8, 4) is 0 Å². The van der Waals surface area contributed by atoms with Crippen LogP contribution in [-0.4, -0.2) is 26.3 Å². The van der Waals surface area contributed by atoms with Crippen LogP contribution in [0.5, 0.6) is 0 Å². The van der Waals surface area contributed by atoms with Crippen molar-refractivity contribution in [1.29, 1.82) is 0 Å². The standard InChI is InChI=1S/C6H13NO/c1-7-6-3-2-4-8-5-6/h6-7H,2-5H2,1H3/t6-/m1/s1. The summed E-state index contributed by atoms with van der Waals surface area (Å²) in [6.45, 7) is 1.86. The Hall–Kier alpha value is -0.0800. The molecule has 1 saturated heterocycles. The molecule has 1 rings (SSSR count). The SMILES string of the molecule is CN[C@@H]1CCCOC1. The zero-order valence-corrected chi connectivity index (χ0v) is 5.31. The van der Waals surface area contributed by atoms with E-state index in [-0.39, 0.29) is 0 Å². The third-order valence-electron chi connectivity index (χ3n) is 1.57. The van der Waals surface area contributed by atoms with Gasteiger partial charge in [0, 0.05) is 12.6 Å². The number of hydrogen-bond acceptors (Lipinski definition) is 2. The van der Waals surface area contributed by atoms with Gasteiger partial charge in [0.15, 0.2) is 0 Å². The molecule has 0 aromatic heterocycles. The lowest BCUT2D eigenvalue weighted by Crippen LogP contribution is -2.33. The molecular formula is C6H13NO. The molecule has 2 heteroatoms. The molecule has 48 valence electrons. The Bertz CT molecular complexity index is 59.5. The van der Waals surface area contributed by atoms with Gasteiger partial charge in [-0.25, -0.2) is 0 Å². The maximum Gasteiger partial charge on any atom is 0.0619 e. The zero-order valence-electron chi connectivity index (χ0n) is 5.31. The van der Waals surface area contributed by atoms with Crippen molar-refractivity contribution in [2.75, 3.05) is 20.3 Å². The van der Waals surface area contributed by atoms with Crippen LogP contribution in [0.15, 0.2) is 0 Å². The molecule has 0 aromatic rings. The summed E-state index contributed by atoms with van der Waals surface area (Å²) in [6, 6.07) is 0.615. The van der Waals surface area contributed by atoms with Crippen molar-refractivity contribution in [2.45, 2.75) is 18.9 Å². The smallest absolute Gasteiger partial charge is 0.0619 e. The molecule has 1 fully saturated rings. The average molecular weight is 115 g/mol. The van der Waals surface area contributed by atoms with E-state index in [9.17, 15) is 0 Å². The highest BCUT2D eigenvalue weighted by Gasteiger charge is 2.09. The molecule has 8 heavy (non-hydrogen) atoms. The van der Waals surface area contributed by atoms with E-state index in [1.807, 2.05) is 7.05 Å². The van der Waals surface area contributed by atoms with Crippen LogP contribution < -0.4 is 5.32 Å². The minimum absolute atomic E-state index is 0.615. The van der Waals surface area contributed by atoms with Crippen LogP contribution in [0.25, 0.3) is 0 Å². The van der Waals surface area contributed by atoms with Crippen molar-refractivity contribution in [2.24, 2.45) is 0 Å². The minimum atomic E-state index is 0.615. The first-order valence-electron chi connectivity index (χ1n) is 3.18. The lowest BCUT2D eigenvalue weighted by atomic mass is 10.1. The van der Waals surface area contributed by atoms with Gasteiger partial charge in [-0.1, -0.05) is 0 Å². The lowest BCUT2D eigenvalue weighted by molar-refractivity contribution is 0.0730. The number of likely N-dealkylation sites (N-methyl/N-ethyl adjacent to an activating group) is 1. The van der Waals surface area contributed by atoms with Gasteiger partial charge in [0.2, 0.25) is 0 Å². The first-order chi connectivity index (χ1) is 3.93. The van der Waals surface area contributed by atoms with Gasteiger partial charge in [0.05, 0.1) is 6.61 Å². The lowest BCUT2D eigenvalue weighted by Gasteiger charge is -2.20. The van der Waals surface area contributed by atoms with Crippen LogP contribution in [0.2, 0.25) is 0 Å². The molecule has 1 heterocycles. The van der Waals surface area contributed by atoms with Crippen LogP contribution in [0.1, 0.15) is 12.8 Å². The third kappa shape index (κ3) is 1.46. The Balaban J connectivity index is 2.13. The second-order valence-corrected chi connectivity index (χ2v) is 2.20. The predicted molar refractivity (Wildman–Crippen MR) is 32.9 cm³/mol. The Morgan fingerprint density at radius 3 is 2.88 bits per heavy atom. The Kier molecular flexibility index (Phi) is 2.30. The van der Waals surface area contributed by atoms with E-state index in [0.717, 1.165) is 13.2 Å². The minimum Gasteiger partial charge on any atom is -0.380 e. The van der Waals surface area contributed by atoms with Crippen LogP contribution in [0.3, 0.4) is 0 Å². The molecule has 0 radical (unpaired) electrons. The molecule has 2 nitrogen and oxygen atoms in total. The monoisotopic (exact) mass is 115 g/mol. The Labute approximate surface area is 50.2 Å². The highest BCUT2D eigenvalue weighted by Crippen LogP contribution is 2.03. The summed E-state index contributed by atoms with van der Waals surface area (Å²) in [4.78, 5) is 0. The van der Waals surface area contributed by atoms with Crippen molar-refractivity contribution in [3.63, 3.8) is 0 Å². The summed E-state index contributed by atoms with van der Waals surface area (Å²) in [7, 11) is 1.99. The molecule has 0 saturated carbocycles. The molecule has 0 amide bonds. The van der Waals surface area contributed by atoms with Crippen LogP contribution in [0, 0.1) is 0 Å². The van der Waals surface area contributed by atoms with Gasteiger partial charge in [-0.15, -0.1) is 0 Å². The molecule has 0 spiro atoms. The summed E-state index contributed by atoms with van der Waals surface area (Å²) in [5.74, 6) is 0. The van der Waals surface area contributed by atoms with E-state index >= 15 is 0 Å². The molecule has 0 bridgehead atoms. The predicted octanol–water partition coefficient (Wildman–Crippen LogP) is 0.385. The fourth-order valence-corrected chi connectivity index (χ4v) is 0.968. The summed E-state index contributed by atoms with van der Waals surface area (Å²) in [6.07, 6.45) is 2.49. The number of ether oxygens (including phenoxy) is 1. The summed E-state index contributed by atoms with van der Waals surface area (Å²) in [5.41, 5.74) is 0. The van der Waals surface area contributed by atoms with Crippen LogP contribution in [-0.2, 0) is 4.74 Å². The second-order valence-electron chi connectivity index (χ2n) is 2.20. The van der Waals surface area contributed by atoms with E-state index in [1.165, 1.54) is 12.8 Å². The molecule has 0 unspecified atom stereocenters. The number of hydrogen-bond donors (Lipinski definition) is 1. The van der Waals surface area contributed by atoms with Gasteiger partial charge in [-0.05, 0) is 19.9 Å². The third-order valence-corrected chi connectivity index (χ3v) is 1.57. The molecule has 1 aliphatic rings. The molecule has 0 aliphatic carbocycles. The van der Waals surface area contributed by atoms with Gasteiger partial charge in [0.25, 0.3) is 0 Å². The maximum atomic E-state index is 5.21. The molecule has 1 atom stereocenters. The van der Waals surface area contributed by atoms with Crippen molar-refractivity contribution >= 4 is 0 Å². The van der Waals surface area contributed by atoms with Gasteiger partial charge < -0.3 is 10.1 Å². The maximum absolute atomic E-state index is 5.21. The van der Waals surface area contributed by atoms with Gasteiger partial charge >= 0.3 is 0 Å². The Morgan fingerprint density at radius 1 is 1.62 bits per heavy atom. The van der Waals surface area contributed by atoms with Crippen molar-refractivity contribution in [1.82, 2.24) is 5.32 Å². The zero-order chi connectivity index (χ0) is 5.82. The summed E-state index contributed by atoms with van der Waals surface area (Å²) in [5, 5.41) is 3.18. The largest absolute Gasteiger partial charge is 0.380 e. The highest BCUT2D eigenvalue weighted by molar-refractivity contribution is 4.66. The van der Waals surface area contributed by atoms with E-state index in [0.29, 0.717) is 6.04 Å². The van der Waals surface area contributed by atoms with Gasteiger partial charge in [-0.2, -0.15) is 0 Å². The quantitative estimate of drug-likeness (QED) is 0.533.